The van der Waals surface area contributed by atoms with Gasteiger partial charge in [-0.3, -0.25) is 14.4 Å². The molecule has 10 heteroatoms. The Morgan fingerprint density at radius 3 is 1.91 bits per heavy atom. The van der Waals surface area contributed by atoms with Crippen molar-refractivity contribution in [1.82, 2.24) is 5.32 Å². The largest absolute Gasteiger partial charge is 0.418 e. The van der Waals surface area contributed by atoms with E-state index in [1.54, 1.807) is 60.7 Å². The molecule has 0 saturated carbocycles. The number of anilines is 2. The van der Waals surface area contributed by atoms with Crippen molar-refractivity contribution in [2.75, 3.05) is 16.4 Å². The van der Waals surface area contributed by atoms with Crippen LogP contribution in [0.25, 0.3) is 17.2 Å². The second kappa shape index (κ2) is 15.1. The van der Waals surface area contributed by atoms with Crippen molar-refractivity contribution in [2.45, 2.75) is 11.1 Å². The van der Waals surface area contributed by atoms with E-state index in [0.29, 0.717) is 21.7 Å². The molecule has 3 N–H and O–H groups in total. The van der Waals surface area contributed by atoms with Gasteiger partial charge in [-0.05, 0) is 71.3 Å². The molecule has 47 heavy (non-hydrogen) atoms. The highest BCUT2D eigenvalue weighted by molar-refractivity contribution is 8.00. The summed E-state index contributed by atoms with van der Waals surface area (Å²) in [6.45, 7) is 0. The van der Waals surface area contributed by atoms with Crippen LogP contribution in [0.3, 0.4) is 0 Å². The van der Waals surface area contributed by atoms with Crippen molar-refractivity contribution in [3.05, 3.63) is 156 Å². The molecular formula is C37H28F3N3O3S. The Kier molecular flexibility index (Phi) is 10.5. The maximum Gasteiger partial charge on any atom is 0.418 e. The zero-order chi connectivity index (χ0) is 33.2. The smallest absolute Gasteiger partial charge is 0.325 e. The van der Waals surface area contributed by atoms with Crippen LogP contribution in [-0.2, 0) is 15.8 Å². The number of para-hydroxylation sites is 1. The Morgan fingerprint density at radius 2 is 1.26 bits per heavy atom. The van der Waals surface area contributed by atoms with Gasteiger partial charge >= 0.3 is 6.18 Å². The van der Waals surface area contributed by atoms with Crippen LogP contribution in [0.2, 0.25) is 0 Å². The minimum Gasteiger partial charge on any atom is -0.325 e. The first kappa shape index (κ1) is 32.8. The number of rotatable bonds is 10. The lowest BCUT2D eigenvalue weighted by atomic mass is 10.0. The van der Waals surface area contributed by atoms with E-state index >= 15 is 0 Å². The second-order valence-electron chi connectivity index (χ2n) is 10.2. The number of hydrogen-bond donors (Lipinski definition) is 3. The molecule has 0 aliphatic heterocycles. The fourth-order valence-electron chi connectivity index (χ4n) is 4.52. The molecule has 5 aromatic rings. The number of carbonyl (C=O) groups excluding carboxylic acids is 3. The predicted octanol–water partition coefficient (Wildman–Crippen LogP) is 8.51. The van der Waals surface area contributed by atoms with Crippen molar-refractivity contribution in [3.63, 3.8) is 0 Å². The van der Waals surface area contributed by atoms with E-state index in [9.17, 15) is 27.6 Å². The Balaban J connectivity index is 1.25. The normalized spacial score (nSPS) is 11.4. The van der Waals surface area contributed by atoms with Crippen LogP contribution in [0.4, 0.5) is 24.5 Å². The number of carbonyl (C=O) groups is 3. The van der Waals surface area contributed by atoms with E-state index in [1.165, 1.54) is 18.2 Å². The average Bonchev–Trinajstić information content (AvgIpc) is 3.08. The Hall–Kier alpha value is -5.61. The molecule has 0 heterocycles. The number of amides is 3. The first-order valence-electron chi connectivity index (χ1n) is 14.4. The van der Waals surface area contributed by atoms with Crippen molar-refractivity contribution < 1.29 is 27.6 Å². The first-order valence-corrected chi connectivity index (χ1v) is 15.4. The van der Waals surface area contributed by atoms with Crippen molar-refractivity contribution in [3.8, 4) is 11.1 Å². The highest BCUT2D eigenvalue weighted by Crippen LogP contribution is 2.34. The van der Waals surface area contributed by atoms with Gasteiger partial charge in [0.1, 0.15) is 5.70 Å². The second-order valence-corrected chi connectivity index (χ2v) is 11.3. The van der Waals surface area contributed by atoms with Crippen LogP contribution in [-0.4, -0.2) is 23.5 Å². The fourth-order valence-corrected chi connectivity index (χ4v) is 5.22. The monoisotopic (exact) mass is 651 g/mol. The summed E-state index contributed by atoms with van der Waals surface area (Å²) in [6.07, 6.45) is -3.01. The van der Waals surface area contributed by atoms with Gasteiger partial charge in [0.2, 0.25) is 5.91 Å². The van der Waals surface area contributed by atoms with Crippen LogP contribution in [0.1, 0.15) is 21.5 Å². The van der Waals surface area contributed by atoms with E-state index in [2.05, 4.69) is 16.0 Å². The summed E-state index contributed by atoms with van der Waals surface area (Å²) in [5.74, 6) is -1.72. The van der Waals surface area contributed by atoms with E-state index in [-0.39, 0.29) is 17.1 Å². The third-order valence-electron chi connectivity index (χ3n) is 6.85. The molecule has 0 spiro atoms. The molecule has 5 rings (SSSR count). The van der Waals surface area contributed by atoms with Gasteiger partial charge in [-0.25, -0.2) is 0 Å². The Labute approximate surface area is 273 Å². The van der Waals surface area contributed by atoms with E-state index in [1.807, 2.05) is 54.6 Å². The molecule has 0 bridgehead atoms. The molecule has 0 radical (unpaired) electrons. The lowest BCUT2D eigenvalue weighted by Gasteiger charge is -2.13. The van der Waals surface area contributed by atoms with Crippen molar-refractivity contribution >= 4 is 46.9 Å². The zero-order valence-corrected chi connectivity index (χ0v) is 25.6. The van der Waals surface area contributed by atoms with Gasteiger partial charge in [0.15, 0.2) is 0 Å². The SMILES string of the molecule is O=C(CSc1ccc(NC(=O)/C(=C/c2ccc(-c3ccccc3)cc2)NC(=O)c2ccccc2)cc1)Nc1ccccc1C(F)(F)F. The summed E-state index contributed by atoms with van der Waals surface area (Å²) in [4.78, 5) is 39.4. The maximum atomic E-state index is 13.4. The number of benzene rings is 5. The van der Waals surface area contributed by atoms with Gasteiger partial charge in [-0.2, -0.15) is 13.2 Å². The van der Waals surface area contributed by atoms with Crippen LogP contribution < -0.4 is 16.0 Å². The highest BCUT2D eigenvalue weighted by Gasteiger charge is 2.33. The Bertz CT molecular complexity index is 1880. The van der Waals surface area contributed by atoms with E-state index in [4.69, 9.17) is 0 Å². The Morgan fingerprint density at radius 1 is 0.660 bits per heavy atom. The summed E-state index contributed by atoms with van der Waals surface area (Å²) in [7, 11) is 0. The number of thioether (sulfide) groups is 1. The van der Waals surface area contributed by atoms with Crippen LogP contribution >= 0.6 is 11.8 Å². The van der Waals surface area contributed by atoms with Gasteiger partial charge in [0.25, 0.3) is 11.8 Å². The number of nitrogens with one attached hydrogen (secondary N) is 3. The summed E-state index contributed by atoms with van der Waals surface area (Å²) in [6, 6.07) is 37.3. The number of hydrogen-bond acceptors (Lipinski definition) is 4. The molecule has 0 unspecified atom stereocenters. The third kappa shape index (κ3) is 9.21. The van der Waals surface area contributed by atoms with Gasteiger partial charge in [-0.1, -0.05) is 84.9 Å². The highest BCUT2D eigenvalue weighted by atomic mass is 32.2. The molecule has 0 aromatic heterocycles. The van der Waals surface area contributed by atoms with Crippen molar-refractivity contribution in [2.24, 2.45) is 0 Å². The molecule has 5 aromatic carbocycles. The maximum absolute atomic E-state index is 13.4. The lowest BCUT2D eigenvalue weighted by molar-refractivity contribution is -0.137. The number of alkyl halides is 3. The quantitative estimate of drug-likeness (QED) is 0.104. The van der Waals surface area contributed by atoms with Crippen molar-refractivity contribution in [1.29, 1.82) is 0 Å². The van der Waals surface area contributed by atoms with Gasteiger partial charge in [0, 0.05) is 16.1 Å². The molecule has 6 nitrogen and oxygen atoms in total. The summed E-state index contributed by atoms with van der Waals surface area (Å²) < 4.78 is 39.7. The van der Waals surface area contributed by atoms with Crippen LogP contribution in [0.15, 0.2) is 144 Å². The van der Waals surface area contributed by atoms with Crippen LogP contribution in [0, 0.1) is 0 Å². The average molecular weight is 652 g/mol. The molecular weight excluding hydrogens is 623 g/mol. The summed E-state index contributed by atoms with van der Waals surface area (Å²) in [5.41, 5.74) is 2.37. The minimum absolute atomic E-state index is 0.0283. The van der Waals surface area contributed by atoms with Gasteiger partial charge < -0.3 is 16.0 Å². The molecule has 0 atom stereocenters. The first-order chi connectivity index (χ1) is 22.7. The molecule has 0 saturated heterocycles. The summed E-state index contributed by atoms with van der Waals surface area (Å²) >= 11 is 1.13. The molecule has 0 aliphatic rings. The van der Waals surface area contributed by atoms with Gasteiger partial charge in [0.05, 0.1) is 17.0 Å². The summed E-state index contributed by atoms with van der Waals surface area (Å²) in [5, 5.41) is 7.82. The minimum atomic E-state index is -4.59. The third-order valence-corrected chi connectivity index (χ3v) is 7.86. The van der Waals surface area contributed by atoms with E-state index < -0.39 is 29.5 Å². The zero-order valence-electron chi connectivity index (χ0n) is 24.8. The lowest BCUT2D eigenvalue weighted by Crippen LogP contribution is -2.30. The molecule has 3 amide bonds. The predicted molar refractivity (Wildman–Crippen MR) is 180 cm³/mol. The van der Waals surface area contributed by atoms with Gasteiger partial charge in [-0.15, -0.1) is 11.8 Å². The van der Waals surface area contributed by atoms with Crippen LogP contribution in [0.5, 0.6) is 0 Å². The van der Waals surface area contributed by atoms with E-state index in [0.717, 1.165) is 29.0 Å². The number of halogens is 3. The fraction of sp³-hybridized carbons (Fsp3) is 0.0541. The molecule has 0 aliphatic carbocycles. The molecule has 0 fully saturated rings. The standard InChI is InChI=1S/C37H28F3N3O3S/c38-37(39,40)31-13-7-8-14-32(31)42-34(44)24-47-30-21-19-29(20-22-30)41-36(46)33(43-35(45)28-11-5-2-6-12-28)23-25-15-17-27(18-16-25)26-9-3-1-4-10-26/h1-23H,24H2,(H,41,46)(H,42,44)(H,43,45)/b33-23-. The topological polar surface area (TPSA) is 87.3 Å². The molecule has 236 valence electrons.